The van der Waals surface area contributed by atoms with Gasteiger partial charge in [-0.15, -0.1) is 0 Å². The average Bonchev–Trinajstić information content (AvgIpc) is 3.25. The maximum absolute atomic E-state index is 12.9. The molecular formula is C25H20Cl2N4O2. The molecule has 2 N–H and O–H groups in total. The molecule has 0 aliphatic rings. The first-order valence-corrected chi connectivity index (χ1v) is 10.9. The summed E-state index contributed by atoms with van der Waals surface area (Å²) >= 11 is 12.4. The molecule has 8 heteroatoms. The molecule has 166 valence electrons. The van der Waals surface area contributed by atoms with Gasteiger partial charge >= 0.3 is 0 Å². The first-order chi connectivity index (χ1) is 15.9. The summed E-state index contributed by atoms with van der Waals surface area (Å²) in [6, 6.07) is 21.1. The van der Waals surface area contributed by atoms with Crippen molar-refractivity contribution in [3.05, 3.63) is 111 Å². The maximum Gasteiger partial charge on any atom is 0.256 e. The van der Waals surface area contributed by atoms with Gasteiger partial charge in [0.15, 0.2) is 0 Å². The number of halogens is 2. The summed E-state index contributed by atoms with van der Waals surface area (Å²) in [5.74, 6) is -0.0663. The van der Waals surface area contributed by atoms with Crippen LogP contribution in [0.1, 0.15) is 31.8 Å². The van der Waals surface area contributed by atoms with Crippen LogP contribution in [0.5, 0.6) is 0 Å². The number of hydrogen-bond donors (Lipinski definition) is 2. The van der Waals surface area contributed by atoms with Crippen LogP contribution in [-0.4, -0.2) is 21.6 Å². The summed E-state index contributed by atoms with van der Waals surface area (Å²) in [5.41, 5.74) is 3.13. The molecule has 0 saturated heterocycles. The van der Waals surface area contributed by atoms with E-state index in [1.54, 1.807) is 65.5 Å². The molecule has 0 aliphatic heterocycles. The molecule has 0 bridgehead atoms. The Kier molecular flexibility index (Phi) is 6.77. The highest BCUT2D eigenvalue weighted by Crippen LogP contribution is 2.27. The zero-order valence-electron chi connectivity index (χ0n) is 17.7. The fourth-order valence-corrected chi connectivity index (χ4v) is 3.65. The third-order valence-electron chi connectivity index (χ3n) is 5.09. The first kappa shape index (κ1) is 22.6. The molecule has 33 heavy (non-hydrogen) atoms. The second kappa shape index (κ2) is 9.90. The van der Waals surface area contributed by atoms with Crippen LogP contribution in [0, 0.1) is 6.92 Å². The number of rotatable bonds is 6. The average molecular weight is 479 g/mol. The van der Waals surface area contributed by atoms with Crippen molar-refractivity contribution in [1.82, 2.24) is 9.78 Å². The molecule has 2 amide bonds. The van der Waals surface area contributed by atoms with E-state index in [1.165, 1.54) is 0 Å². The Morgan fingerprint density at radius 3 is 2.42 bits per heavy atom. The Hall–Kier alpha value is -3.61. The van der Waals surface area contributed by atoms with Crippen LogP contribution in [0.25, 0.3) is 0 Å². The van der Waals surface area contributed by atoms with Gasteiger partial charge in [0.25, 0.3) is 11.8 Å². The van der Waals surface area contributed by atoms with Crippen LogP contribution in [0.4, 0.5) is 11.5 Å². The van der Waals surface area contributed by atoms with Crippen molar-refractivity contribution in [3.8, 4) is 0 Å². The normalized spacial score (nSPS) is 10.6. The summed E-state index contributed by atoms with van der Waals surface area (Å²) in [4.78, 5) is 25.5. The predicted octanol–water partition coefficient (Wildman–Crippen LogP) is 6.05. The highest BCUT2D eigenvalue weighted by molar-refractivity contribution is 6.42. The second-order valence-electron chi connectivity index (χ2n) is 7.39. The lowest BCUT2D eigenvalue weighted by atomic mass is 10.1. The van der Waals surface area contributed by atoms with E-state index in [0.717, 1.165) is 11.1 Å². The lowest BCUT2D eigenvalue weighted by Crippen LogP contribution is -2.17. The minimum atomic E-state index is -0.329. The largest absolute Gasteiger partial charge is 0.322 e. The van der Waals surface area contributed by atoms with Crippen LogP contribution in [-0.2, 0) is 6.54 Å². The van der Waals surface area contributed by atoms with Crippen molar-refractivity contribution in [2.24, 2.45) is 0 Å². The fourth-order valence-electron chi connectivity index (χ4n) is 3.27. The molecule has 0 fully saturated rings. The molecule has 0 saturated carbocycles. The molecule has 4 aromatic rings. The summed E-state index contributed by atoms with van der Waals surface area (Å²) in [7, 11) is 0. The zero-order valence-corrected chi connectivity index (χ0v) is 19.2. The molecule has 4 rings (SSSR count). The molecule has 0 radical (unpaired) electrons. The fraction of sp³-hybridized carbons (Fsp3) is 0.0800. The Bertz CT molecular complexity index is 1320. The molecule has 3 aromatic carbocycles. The van der Waals surface area contributed by atoms with Crippen LogP contribution >= 0.6 is 23.2 Å². The Morgan fingerprint density at radius 2 is 1.64 bits per heavy atom. The third-order valence-corrected chi connectivity index (χ3v) is 5.95. The summed E-state index contributed by atoms with van der Waals surface area (Å²) in [5, 5.41) is 10.9. The van der Waals surface area contributed by atoms with Crippen molar-refractivity contribution in [2.75, 3.05) is 10.6 Å². The Morgan fingerprint density at radius 1 is 0.879 bits per heavy atom. The van der Waals surface area contributed by atoms with Crippen LogP contribution in [0.2, 0.25) is 10.0 Å². The van der Waals surface area contributed by atoms with Crippen molar-refractivity contribution >= 4 is 46.5 Å². The van der Waals surface area contributed by atoms with Gasteiger partial charge in [0.05, 0.1) is 22.8 Å². The Balaban J connectivity index is 1.51. The van der Waals surface area contributed by atoms with E-state index in [0.29, 0.717) is 39.2 Å². The van der Waals surface area contributed by atoms with Crippen LogP contribution in [0.15, 0.2) is 79.0 Å². The van der Waals surface area contributed by atoms with E-state index in [9.17, 15) is 9.59 Å². The van der Waals surface area contributed by atoms with E-state index in [-0.39, 0.29) is 11.8 Å². The highest BCUT2D eigenvalue weighted by Gasteiger charge is 2.14. The number of aromatic nitrogens is 2. The SMILES string of the molecule is Cc1ccc(C(=O)Nc2ccnn2Cc2cccc(Cl)c2Cl)cc1NC(=O)c1ccccc1. The van der Waals surface area contributed by atoms with Gasteiger partial charge in [-0.25, -0.2) is 4.68 Å². The molecule has 0 atom stereocenters. The first-order valence-electron chi connectivity index (χ1n) is 10.2. The smallest absolute Gasteiger partial charge is 0.256 e. The number of aryl methyl sites for hydroxylation is 1. The zero-order chi connectivity index (χ0) is 23.4. The molecule has 0 unspecified atom stereocenters. The van der Waals surface area contributed by atoms with Gasteiger partial charge in [-0.3, -0.25) is 9.59 Å². The van der Waals surface area contributed by atoms with Crippen molar-refractivity contribution in [1.29, 1.82) is 0 Å². The van der Waals surface area contributed by atoms with Gasteiger partial charge in [0.1, 0.15) is 5.82 Å². The maximum atomic E-state index is 12.9. The molecule has 0 spiro atoms. The second-order valence-corrected chi connectivity index (χ2v) is 8.18. The molecule has 1 aromatic heterocycles. The van der Waals surface area contributed by atoms with E-state index >= 15 is 0 Å². The number of hydrogen-bond acceptors (Lipinski definition) is 3. The van der Waals surface area contributed by atoms with Gasteiger partial charge < -0.3 is 10.6 Å². The predicted molar refractivity (Wildman–Crippen MR) is 131 cm³/mol. The topological polar surface area (TPSA) is 76.0 Å². The van der Waals surface area contributed by atoms with E-state index < -0.39 is 0 Å². The lowest BCUT2D eigenvalue weighted by Gasteiger charge is -2.13. The molecule has 1 heterocycles. The lowest BCUT2D eigenvalue weighted by molar-refractivity contribution is 0.101. The van der Waals surface area contributed by atoms with Crippen molar-refractivity contribution < 1.29 is 9.59 Å². The van der Waals surface area contributed by atoms with Crippen LogP contribution < -0.4 is 10.6 Å². The molecular weight excluding hydrogens is 459 g/mol. The van der Waals surface area contributed by atoms with Gasteiger partial charge in [-0.2, -0.15) is 5.10 Å². The van der Waals surface area contributed by atoms with Gasteiger partial charge in [0.2, 0.25) is 0 Å². The number of nitrogens with zero attached hydrogens (tertiary/aromatic N) is 2. The van der Waals surface area contributed by atoms with Crippen molar-refractivity contribution in [3.63, 3.8) is 0 Å². The van der Waals surface area contributed by atoms with E-state index in [4.69, 9.17) is 23.2 Å². The van der Waals surface area contributed by atoms with E-state index in [1.807, 2.05) is 25.1 Å². The number of nitrogens with one attached hydrogen (secondary N) is 2. The summed E-state index contributed by atoms with van der Waals surface area (Å²) in [6.45, 7) is 2.21. The van der Waals surface area contributed by atoms with Gasteiger partial charge in [0, 0.05) is 22.9 Å². The third kappa shape index (κ3) is 5.25. The van der Waals surface area contributed by atoms with Crippen molar-refractivity contribution in [2.45, 2.75) is 13.5 Å². The number of carbonyl (C=O) groups is 2. The molecule has 6 nitrogen and oxygen atoms in total. The highest BCUT2D eigenvalue weighted by atomic mass is 35.5. The monoisotopic (exact) mass is 478 g/mol. The summed E-state index contributed by atoms with van der Waals surface area (Å²) < 4.78 is 1.63. The summed E-state index contributed by atoms with van der Waals surface area (Å²) in [6.07, 6.45) is 1.59. The van der Waals surface area contributed by atoms with Gasteiger partial charge in [-0.1, -0.05) is 59.6 Å². The minimum absolute atomic E-state index is 0.243. The molecule has 0 aliphatic carbocycles. The number of anilines is 2. The number of benzene rings is 3. The quantitative estimate of drug-likeness (QED) is 0.354. The van der Waals surface area contributed by atoms with Gasteiger partial charge in [-0.05, 0) is 48.4 Å². The van der Waals surface area contributed by atoms with E-state index in [2.05, 4.69) is 15.7 Å². The Labute approximate surface area is 201 Å². The van der Waals surface area contributed by atoms with Crippen LogP contribution in [0.3, 0.4) is 0 Å². The number of amides is 2. The minimum Gasteiger partial charge on any atom is -0.322 e. The standard InChI is InChI=1S/C25H20Cl2N4O2/c1-16-10-11-18(14-21(16)29-24(32)17-6-3-2-4-7-17)25(33)30-22-12-13-28-31(22)15-19-8-5-9-20(26)23(19)27/h2-14H,15H2,1H3,(H,29,32)(H,30,33). The number of carbonyl (C=O) groups excluding carboxylic acids is 2.